The van der Waals surface area contributed by atoms with Crippen LogP contribution in [0.4, 0.5) is 0 Å². The molecule has 4 aromatic carbocycles. The van der Waals surface area contributed by atoms with Crippen molar-refractivity contribution >= 4 is 64.2 Å². The van der Waals surface area contributed by atoms with Crippen LogP contribution in [0.3, 0.4) is 0 Å². The van der Waals surface area contributed by atoms with Gasteiger partial charge in [-0.1, -0.05) is 52.3 Å². The lowest BCUT2D eigenvalue weighted by molar-refractivity contribution is 1.73. The number of rotatable bonds is 0. The van der Waals surface area contributed by atoms with Crippen LogP contribution in [0.2, 0.25) is 0 Å². The highest BCUT2D eigenvalue weighted by Gasteiger charge is 2.07. The SMILES string of the molecule is Brc1cccc2cc3c(Br)c4ccccc4cc3cc12. The Morgan fingerprint density at radius 2 is 1.25 bits per heavy atom. The Morgan fingerprint density at radius 3 is 2.15 bits per heavy atom. The lowest BCUT2D eigenvalue weighted by Gasteiger charge is -2.09. The Labute approximate surface area is 133 Å². The van der Waals surface area contributed by atoms with Crippen LogP contribution in [0.25, 0.3) is 32.3 Å². The molecule has 0 atom stereocenters. The van der Waals surface area contributed by atoms with Gasteiger partial charge < -0.3 is 0 Å². The van der Waals surface area contributed by atoms with Crippen molar-refractivity contribution in [2.75, 3.05) is 0 Å². The summed E-state index contributed by atoms with van der Waals surface area (Å²) in [4.78, 5) is 0. The zero-order chi connectivity index (χ0) is 13.7. The maximum atomic E-state index is 3.77. The minimum absolute atomic E-state index is 1.14. The number of hydrogen-bond acceptors (Lipinski definition) is 0. The quantitative estimate of drug-likeness (QED) is 0.296. The molecule has 4 rings (SSSR count). The third-order valence-electron chi connectivity index (χ3n) is 3.74. The van der Waals surface area contributed by atoms with Gasteiger partial charge in [-0.2, -0.15) is 0 Å². The Balaban J connectivity index is 2.25. The molecule has 0 aliphatic carbocycles. The van der Waals surface area contributed by atoms with Gasteiger partial charge in [0, 0.05) is 8.95 Å². The molecular weight excluding hydrogens is 376 g/mol. The Morgan fingerprint density at radius 1 is 0.550 bits per heavy atom. The predicted molar refractivity (Wildman–Crippen MR) is 94.4 cm³/mol. The van der Waals surface area contributed by atoms with Crippen LogP contribution < -0.4 is 0 Å². The highest BCUT2D eigenvalue weighted by molar-refractivity contribution is 9.11. The first-order valence-corrected chi connectivity index (χ1v) is 8.02. The molecule has 0 bridgehead atoms. The van der Waals surface area contributed by atoms with E-state index in [2.05, 4.69) is 92.5 Å². The summed E-state index contributed by atoms with van der Waals surface area (Å²) in [6.07, 6.45) is 0. The summed E-state index contributed by atoms with van der Waals surface area (Å²) in [5.74, 6) is 0. The predicted octanol–water partition coefficient (Wildman–Crippen LogP) is 6.67. The fourth-order valence-corrected chi connectivity index (χ4v) is 3.95. The fraction of sp³-hybridized carbons (Fsp3) is 0. The standard InChI is InChI=1S/C18H10Br2/c19-17-7-3-5-12-9-16-13(10-15(12)17)8-11-4-1-2-6-14(11)18(16)20/h1-10H. The highest BCUT2D eigenvalue weighted by Crippen LogP contribution is 2.36. The molecular formula is C18H10Br2. The summed E-state index contributed by atoms with van der Waals surface area (Å²) in [5.41, 5.74) is 0. The molecule has 96 valence electrons. The Kier molecular flexibility index (Phi) is 2.83. The van der Waals surface area contributed by atoms with Gasteiger partial charge in [-0.05, 0) is 72.5 Å². The van der Waals surface area contributed by atoms with E-state index in [9.17, 15) is 0 Å². The van der Waals surface area contributed by atoms with Gasteiger partial charge in [0.25, 0.3) is 0 Å². The molecule has 2 heteroatoms. The van der Waals surface area contributed by atoms with Gasteiger partial charge in [-0.3, -0.25) is 0 Å². The fourth-order valence-electron chi connectivity index (χ4n) is 2.75. The van der Waals surface area contributed by atoms with Crippen molar-refractivity contribution in [1.82, 2.24) is 0 Å². The van der Waals surface area contributed by atoms with Gasteiger partial charge in [0.05, 0.1) is 0 Å². The maximum absolute atomic E-state index is 3.77. The van der Waals surface area contributed by atoms with Gasteiger partial charge in [-0.15, -0.1) is 0 Å². The second kappa shape index (κ2) is 4.57. The third kappa shape index (κ3) is 1.79. The number of hydrogen-bond donors (Lipinski definition) is 0. The van der Waals surface area contributed by atoms with E-state index in [-0.39, 0.29) is 0 Å². The first kappa shape index (κ1) is 12.4. The molecule has 0 saturated heterocycles. The molecule has 0 aliphatic heterocycles. The molecule has 0 fully saturated rings. The summed E-state index contributed by atoms with van der Waals surface area (Å²) in [6.45, 7) is 0. The lowest BCUT2D eigenvalue weighted by atomic mass is 10.00. The van der Waals surface area contributed by atoms with E-state index >= 15 is 0 Å². The maximum Gasteiger partial charge on any atom is 0.0332 e. The van der Waals surface area contributed by atoms with Crippen molar-refractivity contribution < 1.29 is 0 Å². The average molecular weight is 386 g/mol. The second-order valence-corrected chi connectivity index (χ2v) is 6.59. The minimum atomic E-state index is 1.14. The number of fused-ring (bicyclic) bond motifs is 3. The Hall–Kier alpha value is -1.38. The van der Waals surface area contributed by atoms with E-state index in [1.807, 2.05) is 0 Å². The topological polar surface area (TPSA) is 0 Å². The van der Waals surface area contributed by atoms with Crippen molar-refractivity contribution in [3.8, 4) is 0 Å². The molecule has 4 aromatic rings. The van der Waals surface area contributed by atoms with Crippen molar-refractivity contribution in [2.45, 2.75) is 0 Å². The van der Waals surface area contributed by atoms with Gasteiger partial charge in [0.2, 0.25) is 0 Å². The zero-order valence-corrected chi connectivity index (χ0v) is 13.7. The molecule has 0 aromatic heterocycles. The van der Waals surface area contributed by atoms with E-state index in [4.69, 9.17) is 0 Å². The van der Waals surface area contributed by atoms with E-state index in [1.165, 1.54) is 36.8 Å². The molecule has 0 saturated carbocycles. The van der Waals surface area contributed by atoms with Crippen LogP contribution in [0.1, 0.15) is 0 Å². The number of halogens is 2. The lowest BCUT2D eigenvalue weighted by Crippen LogP contribution is -1.82. The summed E-state index contributed by atoms with van der Waals surface area (Å²) in [6, 6.07) is 21.6. The molecule has 20 heavy (non-hydrogen) atoms. The highest BCUT2D eigenvalue weighted by atomic mass is 79.9. The Bertz CT molecular complexity index is 971. The van der Waals surface area contributed by atoms with Crippen LogP contribution in [0.5, 0.6) is 0 Å². The van der Waals surface area contributed by atoms with Crippen LogP contribution in [-0.4, -0.2) is 0 Å². The van der Waals surface area contributed by atoms with Gasteiger partial charge in [-0.25, -0.2) is 0 Å². The second-order valence-electron chi connectivity index (χ2n) is 4.95. The summed E-state index contributed by atoms with van der Waals surface area (Å²) in [7, 11) is 0. The van der Waals surface area contributed by atoms with Gasteiger partial charge in [0.1, 0.15) is 0 Å². The van der Waals surface area contributed by atoms with Crippen LogP contribution >= 0.6 is 31.9 Å². The van der Waals surface area contributed by atoms with Gasteiger partial charge >= 0.3 is 0 Å². The van der Waals surface area contributed by atoms with E-state index in [0.717, 1.165) is 4.47 Å². The molecule has 0 radical (unpaired) electrons. The molecule has 0 aliphatic rings. The van der Waals surface area contributed by atoms with E-state index in [1.54, 1.807) is 0 Å². The largest absolute Gasteiger partial charge is 0.0616 e. The smallest absolute Gasteiger partial charge is 0.0332 e. The summed E-state index contributed by atoms with van der Waals surface area (Å²) in [5, 5.41) is 7.54. The molecule has 0 unspecified atom stereocenters. The van der Waals surface area contributed by atoms with E-state index in [0.29, 0.717) is 0 Å². The van der Waals surface area contributed by atoms with Crippen molar-refractivity contribution in [2.24, 2.45) is 0 Å². The van der Waals surface area contributed by atoms with Crippen molar-refractivity contribution in [3.63, 3.8) is 0 Å². The van der Waals surface area contributed by atoms with Crippen molar-refractivity contribution in [3.05, 3.63) is 69.6 Å². The minimum Gasteiger partial charge on any atom is -0.0616 e. The van der Waals surface area contributed by atoms with E-state index < -0.39 is 0 Å². The monoisotopic (exact) mass is 384 g/mol. The molecule has 0 heterocycles. The first-order chi connectivity index (χ1) is 9.74. The zero-order valence-electron chi connectivity index (χ0n) is 10.5. The summed E-state index contributed by atoms with van der Waals surface area (Å²) >= 11 is 7.41. The van der Waals surface area contributed by atoms with Crippen LogP contribution in [-0.2, 0) is 0 Å². The average Bonchev–Trinajstić information content (AvgIpc) is 2.47. The molecule has 0 N–H and O–H groups in total. The molecule has 0 spiro atoms. The van der Waals surface area contributed by atoms with Crippen molar-refractivity contribution in [1.29, 1.82) is 0 Å². The molecule has 0 amide bonds. The van der Waals surface area contributed by atoms with Crippen LogP contribution in [0.15, 0.2) is 69.6 Å². The normalized spacial score (nSPS) is 11.5. The number of benzene rings is 4. The van der Waals surface area contributed by atoms with Gasteiger partial charge in [0.15, 0.2) is 0 Å². The summed E-state index contributed by atoms with van der Waals surface area (Å²) < 4.78 is 2.31. The molecule has 0 nitrogen and oxygen atoms in total. The van der Waals surface area contributed by atoms with Crippen LogP contribution in [0, 0.1) is 0 Å². The first-order valence-electron chi connectivity index (χ1n) is 6.43. The third-order valence-corrected chi connectivity index (χ3v) is 5.29.